The predicted molar refractivity (Wildman–Crippen MR) is 82.5 cm³/mol. The predicted octanol–water partition coefficient (Wildman–Crippen LogP) is 2.92. The van der Waals surface area contributed by atoms with E-state index in [0.29, 0.717) is 0 Å². The number of aliphatic hydroxyl groups excluding tert-OH is 1. The van der Waals surface area contributed by atoms with Gasteiger partial charge in [0.05, 0.1) is 12.6 Å². The molecule has 0 spiro atoms. The molecular weight excluding hydrogens is 270 g/mol. The molecule has 0 aliphatic rings. The van der Waals surface area contributed by atoms with E-state index in [1.807, 2.05) is 48.7 Å². The van der Waals surface area contributed by atoms with Crippen LogP contribution in [0.15, 0.2) is 47.9 Å². The number of carbonyl (C=O) groups is 1. The zero-order chi connectivity index (χ0) is 14.4. The van der Waals surface area contributed by atoms with E-state index in [9.17, 15) is 9.90 Å². The number of rotatable bonds is 5. The smallest absolute Gasteiger partial charge is 0.244 e. The highest BCUT2D eigenvalue weighted by molar-refractivity contribution is 7.11. The number of aryl methyl sites for hydroxylation is 1. The molecular formula is C16H17NO2S. The van der Waals surface area contributed by atoms with Crippen LogP contribution in [-0.4, -0.2) is 17.6 Å². The third-order valence-corrected chi connectivity index (χ3v) is 3.97. The number of hydrogen-bond donors (Lipinski definition) is 2. The van der Waals surface area contributed by atoms with Crippen LogP contribution < -0.4 is 5.32 Å². The van der Waals surface area contributed by atoms with Crippen molar-refractivity contribution in [2.45, 2.75) is 13.0 Å². The summed E-state index contributed by atoms with van der Waals surface area (Å²) >= 11 is 1.60. The third kappa shape index (κ3) is 3.79. The van der Waals surface area contributed by atoms with Gasteiger partial charge in [-0.25, -0.2) is 0 Å². The molecule has 3 nitrogen and oxygen atoms in total. The molecule has 0 saturated carbocycles. The molecule has 0 bridgehead atoms. The maximum atomic E-state index is 11.9. The van der Waals surface area contributed by atoms with Crippen LogP contribution in [0.5, 0.6) is 0 Å². The second-order valence-corrected chi connectivity index (χ2v) is 5.40. The molecule has 0 fully saturated rings. The first-order valence-electron chi connectivity index (χ1n) is 6.39. The van der Waals surface area contributed by atoms with Gasteiger partial charge in [-0.3, -0.25) is 4.79 Å². The largest absolute Gasteiger partial charge is 0.394 e. The van der Waals surface area contributed by atoms with Crippen LogP contribution in [-0.2, 0) is 4.79 Å². The van der Waals surface area contributed by atoms with Gasteiger partial charge < -0.3 is 10.4 Å². The lowest BCUT2D eigenvalue weighted by molar-refractivity contribution is -0.117. The fourth-order valence-electron chi connectivity index (χ4n) is 1.85. The van der Waals surface area contributed by atoms with Gasteiger partial charge in [-0.1, -0.05) is 30.3 Å². The van der Waals surface area contributed by atoms with Crippen LogP contribution in [0.2, 0.25) is 0 Å². The van der Waals surface area contributed by atoms with Crippen LogP contribution in [0.3, 0.4) is 0 Å². The van der Waals surface area contributed by atoms with Gasteiger partial charge >= 0.3 is 0 Å². The molecule has 1 heterocycles. The zero-order valence-electron chi connectivity index (χ0n) is 11.2. The molecule has 0 aliphatic carbocycles. The third-order valence-electron chi connectivity index (χ3n) is 2.99. The second kappa shape index (κ2) is 7.03. The van der Waals surface area contributed by atoms with Crippen LogP contribution in [0.25, 0.3) is 6.08 Å². The van der Waals surface area contributed by atoms with Gasteiger partial charge in [0.15, 0.2) is 0 Å². The molecule has 0 unspecified atom stereocenters. The van der Waals surface area contributed by atoms with Crippen molar-refractivity contribution in [2.75, 3.05) is 6.61 Å². The van der Waals surface area contributed by atoms with Crippen molar-refractivity contribution in [3.05, 3.63) is 63.9 Å². The number of amides is 1. The molecule has 0 aliphatic heterocycles. The maximum Gasteiger partial charge on any atom is 0.244 e. The Hall–Kier alpha value is -1.91. The van der Waals surface area contributed by atoms with Gasteiger partial charge in [-0.05, 0) is 35.6 Å². The number of thiophene rings is 1. The van der Waals surface area contributed by atoms with Crippen molar-refractivity contribution in [3.63, 3.8) is 0 Å². The number of benzene rings is 1. The summed E-state index contributed by atoms with van der Waals surface area (Å²) in [4.78, 5) is 13.0. The Labute approximate surface area is 122 Å². The summed E-state index contributed by atoms with van der Waals surface area (Å²) < 4.78 is 0. The second-order valence-electron chi connectivity index (χ2n) is 4.46. The minimum Gasteiger partial charge on any atom is -0.394 e. The summed E-state index contributed by atoms with van der Waals surface area (Å²) in [6.45, 7) is 1.89. The number of nitrogens with one attached hydrogen (secondary N) is 1. The van der Waals surface area contributed by atoms with E-state index in [1.54, 1.807) is 17.4 Å². The quantitative estimate of drug-likeness (QED) is 0.831. The number of aliphatic hydroxyl groups is 1. The number of carbonyl (C=O) groups excluding carboxylic acids is 1. The monoisotopic (exact) mass is 287 g/mol. The van der Waals surface area contributed by atoms with Crippen molar-refractivity contribution >= 4 is 23.3 Å². The first kappa shape index (κ1) is 14.5. The average Bonchev–Trinajstić information content (AvgIpc) is 2.89. The van der Waals surface area contributed by atoms with Crippen LogP contribution in [0.1, 0.15) is 22.0 Å². The fourth-order valence-corrected chi connectivity index (χ4v) is 2.67. The standard InChI is InChI=1S/C16H17NO2S/c1-12-9-10-20-15(12)7-8-16(19)17-14(11-18)13-5-3-2-4-6-13/h2-10,14,18H,11H2,1H3,(H,17,19)/b8-7+/t14-/m0/s1. The van der Waals surface area contributed by atoms with Gasteiger partial charge in [-0.2, -0.15) is 0 Å². The Bertz CT molecular complexity index is 590. The van der Waals surface area contributed by atoms with Crippen LogP contribution >= 0.6 is 11.3 Å². The van der Waals surface area contributed by atoms with E-state index in [0.717, 1.165) is 16.0 Å². The Balaban J connectivity index is 2.00. The van der Waals surface area contributed by atoms with Crippen molar-refractivity contribution in [1.29, 1.82) is 0 Å². The fraction of sp³-hybridized carbons (Fsp3) is 0.188. The van der Waals surface area contributed by atoms with E-state index in [1.165, 1.54) is 6.08 Å². The SMILES string of the molecule is Cc1ccsc1/C=C/C(=O)N[C@@H](CO)c1ccccc1. The highest BCUT2D eigenvalue weighted by Crippen LogP contribution is 2.17. The summed E-state index contributed by atoms with van der Waals surface area (Å²) in [7, 11) is 0. The van der Waals surface area contributed by atoms with Crippen LogP contribution in [0, 0.1) is 6.92 Å². The molecule has 2 aromatic rings. The molecule has 1 amide bonds. The van der Waals surface area contributed by atoms with Crippen molar-refractivity contribution in [1.82, 2.24) is 5.32 Å². The summed E-state index contributed by atoms with van der Waals surface area (Å²) in [5.41, 5.74) is 2.05. The Morgan fingerprint density at radius 2 is 2.10 bits per heavy atom. The highest BCUT2D eigenvalue weighted by atomic mass is 32.1. The van der Waals surface area contributed by atoms with E-state index < -0.39 is 0 Å². The average molecular weight is 287 g/mol. The van der Waals surface area contributed by atoms with E-state index in [2.05, 4.69) is 5.32 Å². The van der Waals surface area contributed by atoms with E-state index in [4.69, 9.17) is 0 Å². The van der Waals surface area contributed by atoms with E-state index >= 15 is 0 Å². The van der Waals surface area contributed by atoms with Gasteiger partial charge in [0.2, 0.25) is 5.91 Å². The summed E-state index contributed by atoms with van der Waals surface area (Å²) in [5, 5.41) is 14.2. The topological polar surface area (TPSA) is 49.3 Å². The molecule has 0 saturated heterocycles. The summed E-state index contributed by atoms with van der Waals surface area (Å²) in [5.74, 6) is -0.208. The minimum absolute atomic E-state index is 0.123. The van der Waals surface area contributed by atoms with Crippen molar-refractivity contribution < 1.29 is 9.90 Å². The first-order valence-corrected chi connectivity index (χ1v) is 7.27. The maximum absolute atomic E-state index is 11.9. The zero-order valence-corrected chi connectivity index (χ0v) is 12.1. The van der Waals surface area contributed by atoms with E-state index in [-0.39, 0.29) is 18.6 Å². The van der Waals surface area contributed by atoms with Crippen LogP contribution in [0.4, 0.5) is 0 Å². The summed E-state index contributed by atoms with van der Waals surface area (Å²) in [6, 6.07) is 11.1. The summed E-state index contributed by atoms with van der Waals surface area (Å²) in [6.07, 6.45) is 3.30. The van der Waals surface area contributed by atoms with Crippen molar-refractivity contribution in [2.24, 2.45) is 0 Å². The normalized spacial score (nSPS) is 12.5. The minimum atomic E-state index is -0.377. The molecule has 1 atom stereocenters. The molecule has 2 rings (SSSR count). The Morgan fingerprint density at radius 3 is 2.70 bits per heavy atom. The highest BCUT2D eigenvalue weighted by Gasteiger charge is 2.11. The van der Waals surface area contributed by atoms with Gasteiger partial charge in [0.1, 0.15) is 0 Å². The molecule has 20 heavy (non-hydrogen) atoms. The molecule has 4 heteroatoms. The van der Waals surface area contributed by atoms with Gasteiger partial charge in [0, 0.05) is 11.0 Å². The molecule has 1 aromatic carbocycles. The molecule has 1 aromatic heterocycles. The van der Waals surface area contributed by atoms with Gasteiger partial charge in [0.25, 0.3) is 0 Å². The van der Waals surface area contributed by atoms with Gasteiger partial charge in [-0.15, -0.1) is 11.3 Å². The number of hydrogen-bond acceptors (Lipinski definition) is 3. The Kier molecular flexibility index (Phi) is 5.09. The lowest BCUT2D eigenvalue weighted by atomic mass is 10.1. The molecule has 0 radical (unpaired) electrons. The van der Waals surface area contributed by atoms with Crippen molar-refractivity contribution in [3.8, 4) is 0 Å². The lowest BCUT2D eigenvalue weighted by Crippen LogP contribution is -2.29. The lowest BCUT2D eigenvalue weighted by Gasteiger charge is -2.15. The molecule has 2 N–H and O–H groups in total. The Morgan fingerprint density at radius 1 is 1.35 bits per heavy atom. The first-order chi connectivity index (χ1) is 9.70. The molecule has 104 valence electrons.